The Morgan fingerprint density at radius 2 is 1.89 bits per heavy atom. The molecule has 1 aromatic rings. The highest BCUT2D eigenvalue weighted by molar-refractivity contribution is 5.45. The van der Waals surface area contributed by atoms with Crippen LogP contribution in [-0.2, 0) is 5.41 Å². The molecule has 0 aliphatic heterocycles. The first-order chi connectivity index (χ1) is 8.92. The second-order valence-electron chi connectivity index (χ2n) is 5.61. The van der Waals surface area contributed by atoms with E-state index in [1.165, 1.54) is 16.7 Å². The van der Waals surface area contributed by atoms with E-state index < -0.39 is 0 Å². The number of hydrogen-bond donors (Lipinski definition) is 1. The number of nitriles is 1. The number of rotatable bonds is 6. The average molecular weight is 260 g/mol. The van der Waals surface area contributed by atoms with Crippen molar-refractivity contribution in [2.24, 2.45) is 0 Å². The standard InChI is InChI=1S/C16H24N2O/c1-12-9-14(15(19-5)10-13(12)2)16(3,4)11-18-8-6-7-17/h9-10,18H,6,8,11H2,1-5H3. The molecule has 0 spiro atoms. The molecule has 0 bridgehead atoms. The second kappa shape index (κ2) is 6.58. The molecule has 0 atom stereocenters. The van der Waals surface area contributed by atoms with Crippen LogP contribution in [0.3, 0.4) is 0 Å². The van der Waals surface area contributed by atoms with Crippen LogP contribution in [0.4, 0.5) is 0 Å². The molecular formula is C16H24N2O. The lowest BCUT2D eigenvalue weighted by atomic mass is 9.82. The van der Waals surface area contributed by atoms with E-state index in [-0.39, 0.29) is 5.41 Å². The topological polar surface area (TPSA) is 45.0 Å². The number of benzene rings is 1. The summed E-state index contributed by atoms with van der Waals surface area (Å²) in [6.07, 6.45) is 0.542. The molecule has 0 aliphatic rings. The fourth-order valence-electron chi connectivity index (χ4n) is 2.13. The predicted octanol–water partition coefficient (Wildman–Crippen LogP) is 3.09. The van der Waals surface area contributed by atoms with Crippen molar-refractivity contribution in [3.8, 4) is 11.8 Å². The van der Waals surface area contributed by atoms with Crippen LogP contribution in [-0.4, -0.2) is 20.2 Å². The van der Waals surface area contributed by atoms with Gasteiger partial charge in [-0.2, -0.15) is 5.26 Å². The van der Waals surface area contributed by atoms with E-state index >= 15 is 0 Å². The van der Waals surface area contributed by atoms with Crippen LogP contribution >= 0.6 is 0 Å². The number of ether oxygens (including phenoxy) is 1. The Morgan fingerprint density at radius 1 is 1.26 bits per heavy atom. The van der Waals surface area contributed by atoms with Gasteiger partial charge >= 0.3 is 0 Å². The van der Waals surface area contributed by atoms with Gasteiger partial charge in [0.2, 0.25) is 0 Å². The van der Waals surface area contributed by atoms with E-state index in [2.05, 4.69) is 51.2 Å². The second-order valence-corrected chi connectivity index (χ2v) is 5.61. The Kier molecular flexibility index (Phi) is 5.38. The van der Waals surface area contributed by atoms with Crippen LogP contribution < -0.4 is 10.1 Å². The van der Waals surface area contributed by atoms with Crippen LogP contribution in [0.5, 0.6) is 5.75 Å². The maximum Gasteiger partial charge on any atom is 0.122 e. The lowest BCUT2D eigenvalue weighted by Gasteiger charge is -2.28. The number of nitrogens with one attached hydrogen (secondary N) is 1. The van der Waals surface area contributed by atoms with Crippen molar-refractivity contribution in [3.05, 3.63) is 28.8 Å². The van der Waals surface area contributed by atoms with Crippen LogP contribution in [0.15, 0.2) is 12.1 Å². The molecule has 1 rings (SSSR count). The van der Waals surface area contributed by atoms with E-state index in [1.54, 1.807) is 7.11 Å². The van der Waals surface area contributed by atoms with Gasteiger partial charge in [-0.3, -0.25) is 0 Å². The summed E-state index contributed by atoms with van der Waals surface area (Å²) >= 11 is 0. The third kappa shape index (κ3) is 3.97. The average Bonchev–Trinajstić information content (AvgIpc) is 2.37. The monoisotopic (exact) mass is 260 g/mol. The highest BCUT2D eigenvalue weighted by atomic mass is 16.5. The summed E-state index contributed by atoms with van der Waals surface area (Å²) in [6, 6.07) is 6.45. The molecule has 0 aromatic heterocycles. The smallest absolute Gasteiger partial charge is 0.122 e. The van der Waals surface area contributed by atoms with Crippen LogP contribution in [0, 0.1) is 25.2 Å². The van der Waals surface area contributed by atoms with E-state index in [1.807, 2.05) is 0 Å². The van der Waals surface area contributed by atoms with Gasteiger partial charge in [-0.1, -0.05) is 19.9 Å². The van der Waals surface area contributed by atoms with Gasteiger partial charge in [0.25, 0.3) is 0 Å². The molecule has 1 aromatic carbocycles. The third-order valence-corrected chi connectivity index (χ3v) is 3.53. The number of nitrogens with zero attached hydrogens (tertiary/aromatic N) is 1. The lowest BCUT2D eigenvalue weighted by molar-refractivity contribution is 0.385. The van der Waals surface area contributed by atoms with Crippen LogP contribution in [0.2, 0.25) is 0 Å². The van der Waals surface area contributed by atoms with Crippen molar-refractivity contribution in [2.75, 3.05) is 20.2 Å². The Morgan fingerprint density at radius 3 is 2.47 bits per heavy atom. The molecule has 19 heavy (non-hydrogen) atoms. The normalized spacial score (nSPS) is 11.2. The molecule has 0 unspecified atom stereocenters. The maximum absolute atomic E-state index is 8.55. The predicted molar refractivity (Wildman–Crippen MR) is 78.6 cm³/mol. The van der Waals surface area contributed by atoms with Gasteiger partial charge in [0.05, 0.1) is 13.2 Å². The van der Waals surface area contributed by atoms with Crippen LogP contribution in [0.25, 0.3) is 0 Å². The summed E-state index contributed by atoms with van der Waals surface area (Å²) in [4.78, 5) is 0. The first kappa shape index (κ1) is 15.5. The summed E-state index contributed by atoms with van der Waals surface area (Å²) < 4.78 is 5.51. The quantitative estimate of drug-likeness (QED) is 0.799. The van der Waals surface area contributed by atoms with Crippen LogP contribution in [0.1, 0.15) is 37.0 Å². The maximum atomic E-state index is 8.55. The molecule has 1 N–H and O–H groups in total. The minimum Gasteiger partial charge on any atom is -0.496 e. The van der Waals surface area contributed by atoms with Gasteiger partial charge in [-0.15, -0.1) is 0 Å². The van der Waals surface area contributed by atoms with Crippen molar-refractivity contribution >= 4 is 0 Å². The summed E-state index contributed by atoms with van der Waals surface area (Å²) in [6.45, 7) is 10.2. The zero-order chi connectivity index (χ0) is 14.5. The molecule has 3 heteroatoms. The van der Waals surface area contributed by atoms with Gasteiger partial charge in [-0.25, -0.2) is 0 Å². The Labute approximate surface area is 116 Å². The number of aryl methyl sites for hydroxylation is 2. The van der Waals surface area contributed by atoms with E-state index in [4.69, 9.17) is 10.00 Å². The Bertz CT molecular complexity index is 472. The fraction of sp³-hybridized carbons (Fsp3) is 0.562. The third-order valence-electron chi connectivity index (χ3n) is 3.53. The minimum atomic E-state index is -0.0285. The molecule has 0 fully saturated rings. The molecule has 0 saturated carbocycles. The molecule has 0 aliphatic carbocycles. The largest absolute Gasteiger partial charge is 0.496 e. The Balaban J connectivity index is 2.93. The zero-order valence-electron chi connectivity index (χ0n) is 12.6. The van der Waals surface area contributed by atoms with E-state index in [0.717, 1.165) is 18.8 Å². The number of methoxy groups -OCH3 is 1. The van der Waals surface area contributed by atoms with Crippen molar-refractivity contribution in [1.82, 2.24) is 5.32 Å². The first-order valence-corrected chi connectivity index (χ1v) is 6.65. The van der Waals surface area contributed by atoms with Gasteiger partial charge < -0.3 is 10.1 Å². The van der Waals surface area contributed by atoms with Crippen molar-refractivity contribution < 1.29 is 4.74 Å². The summed E-state index contributed by atoms with van der Waals surface area (Å²) in [7, 11) is 1.72. The highest BCUT2D eigenvalue weighted by Gasteiger charge is 2.24. The summed E-state index contributed by atoms with van der Waals surface area (Å²) in [5, 5.41) is 11.9. The molecule has 3 nitrogen and oxygen atoms in total. The molecule has 0 radical (unpaired) electrons. The summed E-state index contributed by atoms with van der Waals surface area (Å²) in [5.74, 6) is 0.940. The van der Waals surface area contributed by atoms with Crippen molar-refractivity contribution in [2.45, 2.75) is 39.5 Å². The minimum absolute atomic E-state index is 0.0285. The SMILES string of the molecule is COc1cc(C)c(C)cc1C(C)(C)CNCCC#N. The highest BCUT2D eigenvalue weighted by Crippen LogP contribution is 2.33. The number of hydrogen-bond acceptors (Lipinski definition) is 3. The van der Waals surface area contributed by atoms with Crippen molar-refractivity contribution in [3.63, 3.8) is 0 Å². The molecule has 0 saturated heterocycles. The molecule has 0 amide bonds. The van der Waals surface area contributed by atoms with Gasteiger partial charge in [0.1, 0.15) is 5.75 Å². The molecule has 104 valence electrons. The lowest BCUT2D eigenvalue weighted by Crippen LogP contribution is -2.33. The van der Waals surface area contributed by atoms with Gasteiger partial charge in [-0.05, 0) is 31.0 Å². The van der Waals surface area contributed by atoms with Crippen molar-refractivity contribution in [1.29, 1.82) is 5.26 Å². The van der Waals surface area contributed by atoms with E-state index in [0.29, 0.717) is 6.42 Å². The fourth-order valence-corrected chi connectivity index (χ4v) is 2.13. The van der Waals surface area contributed by atoms with Gasteiger partial charge in [0, 0.05) is 30.5 Å². The molecule has 0 heterocycles. The molecular weight excluding hydrogens is 236 g/mol. The Hall–Kier alpha value is -1.53. The zero-order valence-corrected chi connectivity index (χ0v) is 12.6. The van der Waals surface area contributed by atoms with E-state index in [9.17, 15) is 0 Å². The summed E-state index contributed by atoms with van der Waals surface area (Å²) in [5.41, 5.74) is 3.71. The first-order valence-electron chi connectivity index (χ1n) is 6.65. The van der Waals surface area contributed by atoms with Gasteiger partial charge in [0.15, 0.2) is 0 Å².